The minimum atomic E-state index is -0.711. The number of rotatable bonds is 2. The van der Waals surface area contributed by atoms with Gasteiger partial charge in [-0.3, -0.25) is 0 Å². The molecule has 0 aromatic heterocycles. The van der Waals surface area contributed by atoms with Crippen LogP contribution in [0.4, 0.5) is 0 Å². The Balaban J connectivity index is 2.34. The number of hydrogen-bond donors (Lipinski definition) is 1. The third-order valence-corrected chi connectivity index (χ3v) is 2.59. The summed E-state index contributed by atoms with van der Waals surface area (Å²) in [5, 5.41) is 9.52. The van der Waals surface area contributed by atoms with Crippen molar-refractivity contribution in [3.63, 3.8) is 0 Å². The molecular weight excluding hydrogens is 175 g/mol. The van der Waals surface area contributed by atoms with Gasteiger partial charge in [-0.2, -0.15) is 0 Å². The van der Waals surface area contributed by atoms with Gasteiger partial charge in [-0.15, -0.1) is 0 Å². The Labute approximate surface area is 85.1 Å². The van der Waals surface area contributed by atoms with E-state index in [4.69, 9.17) is 4.65 Å². The van der Waals surface area contributed by atoms with Gasteiger partial charge < -0.3 is 9.68 Å². The van der Waals surface area contributed by atoms with E-state index in [2.05, 4.69) is 19.9 Å². The number of fused-ring (bicyclic) bond motifs is 1. The molecule has 0 unspecified atom stereocenters. The molecule has 2 nitrogen and oxygen atoms in total. The molecule has 0 radical (unpaired) electrons. The highest BCUT2D eigenvalue weighted by atomic mass is 16.5. The average Bonchev–Trinajstić information content (AvgIpc) is 2.49. The minimum Gasteiger partial charge on any atom is -0.423 e. The zero-order valence-electron chi connectivity index (χ0n) is 8.66. The van der Waals surface area contributed by atoms with Crippen LogP contribution < -0.4 is 5.46 Å². The molecule has 1 aliphatic heterocycles. The molecule has 0 saturated carbocycles. The quantitative estimate of drug-likeness (QED) is 0.707. The Morgan fingerprint density at radius 2 is 2.29 bits per heavy atom. The molecule has 0 fully saturated rings. The van der Waals surface area contributed by atoms with Crippen LogP contribution in [0.15, 0.2) is 18.2 Å². The molecule has 0 amide bonds. The van der Waals surface area contributed by atoms with E-state index in [9.17, 15) is 5.02 Å². The van der Waals surface area contributed by atoms with Crippen LogP contribution in [0.1, 0.15) is 25.0 Å². The van der Waals surface area contributed by atoms with Crippen molar-refractivity contribution in [2.24, 2.45) is 5.92 Å². The van der Waals surface area contributed by atoms with Crippen molar-refractivity contribution in [2.75, 3.05) is 0 Å². The molecule has 1 aromatic rings. The molecule has 1 N–H and O–H groups in total. The van der Waals surface area contributed by atoms with Crippen molar-refractivity contribution in [1.29, 1.82) is 0 Å². The van der Waals surface area contributed by atoms with Crippen molar-refractivity contribution in [2.45, 2.75) is 26.9 Å². The van der Waals surface area contributed by atoms with E-state index < -0.39 is 7.12 Å². The summed E-state index contributed by atoms with van der Waals surface area (Å²) in [5.41, 5.74) is 3.45. The Kier molecular flexibility index (Phi) is 2.61. The fourth-order valence-corrected chi connectivity index (χ4v) is 1.95. The molecule has 0 aliphatic carbocycles. The highest BCUT2D eigenvalue weighted by molar-refractivity contribution is 6.61. The summed E-state index contributed by atoms with van der Waals surface area (Å²) >= 11 is 0. The van der Waals surface area contributed by atoms with E-state index >= 15 is 0 Å². The summed E-state index contributed by atoms with van der Waals surface area (Å²) in [7, 11) is -0.711. The number of benzene rings is 1. The summed E-state index contributed by atoms with van der Waals surface area (Å²) < 4.78 is 5.20. The highest BCUT2D eigenvalue weighted by Gasteiger charge is 2.28. The molecule has 0 atom stereocenters. The van der Waals surface area contributed by atoms with Crippen LogP contribution >= 0.6 is 0 Å². The standard InChI is InChI=1S/C11H15BO2/c1-8(2)6-9-4-3-5-11-10(9)7-14-12(11)13/h3-5,8,13H,6-7H2,1-2H3. The van der Waals surface area contributed by atoms with Crippen LogP contribution in [-0.4, -0.2) is 12.1 Å². The molecule has 74 valence electrons. The third kappa shape index (κ3) is 1.70. The fraction of sp³-hybridized carbons (Fsp3) is 0.455. The molecule has 1 aromatic carbocycles. The van der Waals surface area contributed by atoms with Crippen molar-refractivity contribution in [1.82, 2.24) is 0 Å². The third-order valence-electron chi connectivity index (χ3n) is 2.59. The van der Waals surface area contributed by atoms with Crippen molar-refractivity contribution >= 4 is 12.6 Å². The minimum absolute atomic E-state index is 0.555. The molecule has 14 heavy (non-hydrogen) atoms. The maximum absolute atomic E-state index is 9.52. The molecule has 1 heterocycles. The van der Waals surface area contributed by atoms with Gasteiger partial charge in [0.15, 0.2) is 0 Å². The zero-order chi connectivity index (χ0) is 10.1. The summed E-state index contributed by atoms with van der Waals surface area (Å²) in [5.74, 6) is 0.638. The monoisotopic (exact) mass is 190 g/mol. The summed E-state index contributed by atoms with van der Waals surface area (Å²) in [6.45, 7) is 4.96. The van der Waals surface area contributed by atoms with E-state index in [-0.39, 0.29) is 0 Å². The van der Waals surface area contributed by atoms with Crippen LogP contribution in [0.5, 0.6) is 0 Å². The smallest absolute Gasteiger partial charge is 0.423 e. The second-order valence-corrected chi connectivity index (χ2v) is 4.25. The molecule has 1 aliphatic rings. The molecule has 0 saturated heterocycles. The summed E-state index contributed by atoms with van der Waals surface area (Å²) in [6, 6.07) is 6.06. The topological polar surface area (TPSA) is 29.5 Å². The van der Waals surface area contributed by atoms with Gasteiger partial charge in [-0.25, -0.2) is 0 Å². The first-order valence-electron chi connectivity index (χ1n) is 5.09. The highest BCUT2D eigenvalue weighted by Crippen LogP contribution is 2.17. The second kappa shape index (κ2) is 3.75. The van der Waals surface area contributed by atoms with Crippen molar-refractivity contribution in [3.05, 3.63) is 29.3 Å². The first kappa shape index (κ1) is 9.75. The molecular formula is C11H15BO2. The Hall–Kier alpha value is -0.795. The van der Waals surface area contributed by atoms with Gasteiger partial charge in [-0.05, 0) is 28.9 Å². The molecule has 0 bridgehead atoms. The van der Waals surface area contributed by atoms with Gasteiger partial charge in [-0.1, -0.05) is 32.0 Å². The van der Waals surface area contributed by atoms with Gasteiger partial charge in [0.05, 0.1) is 6.61 Å². The zero-order valence-corrected chi connectivity index (χ0v) is 8.66. The summed E-state index contributed by atoms with van der Waals surface area (Å²) in [4.78, 5) is 0. The predicted molar refractivity (Wildman–Crippen MR) is 57.4 cm³/mol. The number of hydrogen-bond acceptors (Lipinski definition) is 2. The molecule has 2 rings (SSSR count). The lowest BCUT2D eigenvalue weighted by Gasteiger charge is -2.09. The van der Waals surface area contributed by atoms with Crippen molar-refractivity contribution < 1.29 is 9.68 Å². The first-order valence-corrected chi connectivity index (χ1v) is 5.09. The Morgan fingerprint density at radius 1 is 1.50 bits per heavy atom. The normalized spacial score (nSPS) is 15.0. The lowest BCUT2D eigenvalue weighted by molar-refractivity contribution is 0.274. The Morgan fingerprint density at radius 3 is 3.00 bits per heavy atom. The first-order chi connectivity index (χ1) is 6.68. The van der Waals surface area contributed by atoms with E-state index in [1.54, 1.807) is 0 Å². The van der Waals surface area contributed by atoms with Gasteiger partial charge in [0.2, 0.25) is 0 Å². The second-order valence-electron chi connectivity index (χ2n) is 4.25. The summed E-state index contributed by atoms with van der Waals surface area (Å²) in [6.07, 6.45) is 1.05. The van der Waals surface area contributed by atoms with Gasteiger partial charge in [0, 0.05) is 0 Å². The van der Waals surface area contributed by atoms with Gasteiger partial charge in [0.1, 0.15) is 0 Å². The predicted octanol–water partition coefficient (Wildman–Crippen LogP) is 1.10. The fourth-order valence-electron chi connectivity index (χ4n) is 1.95. The van der Waals surface area contributed by atoms with Crippen molar-refractivity contribution in [3.8, 4) is 0 Å². The lowest BCUT2D eigenvalue weighted by Crippen LogP contribution is -2.28. The van der Waals surface area contributed by atoms with Gasteiger partial charge >= 0.3 is 7.12 Å². The van der Waals surface area contributed by atoms with Crippen LogP contribution in [-0.2, 0) is 17.7 Å². The SMILES string of the molecule is CC(C)Cc1cccc2c1COB2O. The van der Waals surface area contributed by atoms with Crippen LogP contribution in [0.3, 0.4) is 0 Å². The largest absolute Gasteiger partial charge is 0.491 e. The molecule has 3 heteroatoms. The van der Waals surface area contributed by atoms with E-state index in [0.29, 0.717) is 12.5 Å². The van der Waals surface area contributed by atoms with Gasteiger partial charge in [0.25, 0.3) is 0 Å². The van der Waals surface area contributed by atoms with E-state index in [1.807, 2.05) is 12.1 Å². The van der Waals surface area contributed by atoms with Crippen LogP contribution in [0.2, 0.25) is 0 Å². The van der Waals surface area contributed by atoms with E-state index in [0.717, 1.165) is 11.9 Å². The Bertz CT molecular complexity index is 336. The molecule has 0 spiro atoms. The van der Waals surface area contributed by atoms with Crippen LogP contribution in [0, 0.1) is 5.92 Å². The maximum Gasteiger partial charge on any atom is 0.491 e. The van der Waals surface area contributed by atoms with Crippen LogP contribution in [0.25, 0.3) is 0 Å². The van der Waals surface area contributed by atoms with E-state index in [1.165, 1.54) is 11.1 Å². The lowest BCUT2D eigenvalue weighted by atomic mass is 9.78. The average molecular weight is 190 g/mol. The maximum atomic E-state index is 9.52.